The van der Waals surface area contributed by atoms with Gasteiger partial charge in [0.2, 0.25) is 0 Å². The first-order chi connectivity index (χ1) is 11.6. The lowest BCUT2D eigenvalue weighted by molar-refractivity contribution is -0.112. The van der Waals surface area contributed by atoms with Gasteiger partial charge in [-0.1, -0.05) is 16.8 Å². The lowest BCUT2D eigenvalue weighted by Crippen LogP contribution is -2.45. The predicted octanol–water partition coefficient (Wildman–Crippen LogP) is 1.67. The maximum atomic E-state index is 12.6. The molecule has 2 aliphatic heterocycles. The zero-order valence-electron chi connectivity index (χ0n) is 14.2. The summed E-state index contributed by atoms with van der Waals surface area (Å²) in [7, 11) is 3.60. The number of oxime groups is 1. The highest BCUT2D eigenvalue weighted by molar-refractivity contribution is 6.54. The van der Waals surface area contributed by atoms with Gasteiger partial charge >= 0.3 is 0 Å². The highest BCUT2D eigenvalue weighted by atomic mass is 35.5. The van der Waals surface area contributed by atoms with Gasteiger partial charge in [0.25, 0.3) is 5.91 Å². The minimum absolute atomic E-state index is 0.118. The fourth-order valence-electron chi connectivity index (χ4n) is 3.21. The van der Waals surface area contributed by atoms with Crippen LogP contribution in [0.5, 0.6) is 0 Å². The van der Waals surface area contributed by atoms with Crippen LogP contribution in [0, 0.1) is 0 Å². The Balaban J connectivity index is 1.66. The number of carbonyl (C=O) groups is 1. The zero-order valence-corrected chi connectivity index (χ0v) is 14.9. The Labute approximate surface area is 147 Å². The fourth-order valence-corrected chi connectivity index (χ4v) is 3.38. The maximum absolute atomic E-state index is 12.6. The number of amides is 1. The van der Waals surface area contributed by atoms with Crippen molar-refractivity contribution in [2.75, 3.05) is 58.3 Å². The molecule has 0 aromatic heterocycles. The molecule has 0 N–H and O–H groups in total. The van der Waals surface area contributed by atoms with Crippen molar-refractivity contribution in [3.63, 3.8) is 0 Å². The molecule has 3 rings (SSSR count). The first-order valence-electron chi connectivity index (χ1n) is 8.24. The fraction of sp³-hybridized carbons (Fsp3) is 0.529. The van der Waals surface area contributed by atoms with Crippen molar-refractivity contribution >= 4 is 28.9 Å². The average Bonchev–Trinajstić information content (AvgIpc) is 2.82. The summed E-state index contributed by atoms with van der Waals surface area (Å²) in [6.45, 7) is 6.06. The predicted molar refractivity (Wildman–Crippen MR) is 95.9 cm³/mol. The highest BCUT2D eigenvalue weighted by Gasteiger charge is 2.34. The molecular weight excluding hydrogens is 328 g/mol. The standard InChI is InChI=1S/C17H23ClN4O2/c1-20-8-10-21(11-9-20)6-3-7-22-15-5-4-13(18)12-14(15)16(17(22)23)19-24-2/h4-5,12H,3,6-11H2,1-2H3/b19-16-. The molecule has 1 saturated heterocycles. The lowest BCUT2D eigenvalue weighted by atomic mass is 10.1. The number of fused-ring (bicyclic) bond motifs is 1. The topological polar surface area (TPSA) is 48.4 Å². The minimum atomic E-state index is -0.118. The lowest BCUT2D eigenvalue weighted by Gasteiger charge is -2.32. The van der Waals surface area contributed by atoms with E-state index in [4.69, 9.17) is 16.4 Å². The number of anilines is 1. The van der Waals surface area contributed by atoms with E-state index in [9.17, 15) is 4.79 Å². The van der Waals surface area contributed by atoms with E-state index in [0.717, 1.165) is 50.4 Å². The van der Waals surface area contributed by atoms with E-state index in [2.05, 4.69) is 22.0 Å². The molecule has 1 aromatic carbocycles. The highest BCUT2D eigenvalue weighted by Crippen LogP contribution is 2.32. The van der Waals surface area contributed by atoms with Crippen molar-refractivity contribution in [2.45, 2.75) is 6.42 Å². The maximum Gasteiger partial charge on any atom is 0.281 e. The summed E-state index contributed by atoms with van der Waals surface area (Å²) >= 11 is 6.07. The molecule has 0 aliphatic carbocycles. The Bertz CT molecular complexity index is 641. The third kappa shape index (κ3) is 3.55. The van der Waals surface area contributed by atoms with Gasteiger partial charge in [-0.05, 0) is 38.2 Å². The third-order valence-electron chi connectivity index (χ3n) is 4.59. The number of likely N-dealkylation sites (N-methyl/N-ethyl adjacent to an activating group) is 1. The molecule has 2 aliphatic rings. The molecule has 1 amide bonds. The summed E-state index contributed by atoms with van der Waals surface area (Å²) in [4.78, 5) is 24.0. The van der Waals surface area contributed by atoms with E-state index in [0.29, 0.717) is 17.3 Å². The van der Waals surface area contributed by atoms with E-state index in [1.165, 1.54) is 7.11 Å². The van der Waals surface area contributed by atoms with Crippen LogP contribution in [0.4, 0.5) is 5.69 Å². The number of benzene rings is 1. The van der Waals surface area contributed by atoms with Crippen LogP contribution in [0.1, 0.15) is 12.0 Å². The molecule has 1 fully saturated rings. The Morgan fingerprint density at radius 2 is 1.96 bits per heavy atom. The summed E-state index contributed by atoms with van der Waals surface area (Å²) in [5.74, 6) is -0.118. The van der Waals surface area contributed by atoms with Crippen LogP contribution in [-0.2, 0) is 9.63 Å². The van der Waals surface area contributed by atoms with Crippen molar-refractivity contribution in [1.82, 2.24) is 9.80 Å². The van der Waals surface area contributed by atoms with Gasteiger partial charge in [-0.2, -0.15) is 0 Å². The van der Waals surface area contributed by atoms with Gasteiger partial charge in [-0.3, -0.25) is 4.79 Å². The number of hydrogen-bond acceptors (Lipinski definition) is 5. The van der Waals surface area contributed by atoms with Crippen molar-refractivity contribution in [1.29, 1.82) is 0 Å². The summed E-state index contributed by atoms with van der Waals surface area (Å²) in [5.41, 5.74) is 1.93. The molecule has 1 aromatic rings. The molecule has 130 valence electrons. The summed E-state index contributed by atoms with van der Waals surface area (Å²) < 4.78 is 0. The molecule has 2 heterocycles. The smallest absolute Gasteiger partial charge is 0.281 e. The Kier molecular flexibility index (Phi) is 5.38. The Morgan fingerprint density at radius 1 is 1.21 bits per heavy atom. The average molecular weight is 351 g/mol. The van der Waals surface area contributed by atoms with E-state index in [1.54, 1.807) is 17.0 Å². The molecule has 0 bridgehead atoms. The van der Waals surface area contributed by atoms with Gasteiger partial charge in [0.15, 0.2) is 5.71 Å². The molecule has 0 radical (unpaired) electrons. The second kappa shape index (κ2) is 7.51. The number of piperazine rings is 1. The van der Waals surface area contributed by atoms with Crippen LogP contribution in [-0.4, -0.2) is 74.8 Å². The number of rotatable bonds is 5. The summed E-state index contributed by atoms with van der Waals surface area (Å²) in [5, 5.41) is 4.48. The molecule has 6 nitrogen and oxygen atoms in total. The largest absolute Gasteiger partial charge is 0.398 e. The van der Waals surface area contributed by atoms with Gasteiger partial charge in [0.05, 0.1) is 5.69 Å². The quantitative estimate of drug-likeness (QED) is 0.758. The molecule has 0 unspecified atom stereocenters. The zero-order chi connectivity index (χ0) is 17.1. The summed E-state index contributed by atoms with van der Waals surface area (Å²) in [6, 6.07) is 5.45. The monoisotopic (exact) mass is 350 g/mol. The van der Waals surface area contributed by atoms with Crippen LogP contribution in [0.2, 0.25) is 5.02 Å². The van der Waals surface area contributed by atoms with Gasteiger partial charge in [-0.15, -0.1) is 0 Å². The molecular formula is C17H23ClN4O2. The number of hydrogen-bond donors (Lipinski definition) is 0. The second-order valence-electron chi connectivity index (χ2n) is 6.24. The Morgan fingerprint density at radius 3 is 2.67 bits per heavy atom. The van der Waals surface area contributed by atoms with E-state index in [-0.39, 0.29) is 5.91 Å². The summed E-state index contributed by atoms with van der Waals surface area (Å²) in [6.07, 6.45) is 0.928. The SMILES string of the molecule is CO/N=C1\C(=O)N(CCCN2CCN(C)CC2)c2ccc(Cl)cc21. The van der Waals surface area contributed by atoms with Crippen molar-refractivity contribution in [3.05, 3.63) is 28.8 Å². The van der Waals surface area contributed by atoms with Gasteiger partial charge < -0.3 is 19.5 Å². The molecule has 7 heteroatoms. The number of carbonyl (C=O) groups excluding carboxylic acids is 1. The van der Waals surface area contributed by atoms with Crippen LogP contribution in [0.3, 0.4) is 0 Å². The van der Waals surface area contributed by atoms with Crippen molar-refractivity contribution in [2.24, 2.45) is 5.16 Å². The second-order valence-corrected chi connectivity index (χ2v) is 6.68. The van der Waals surface area contributed by atoms with Crippen molar-refractivity contribution < 1.29 is 9.63 Å². The van der Waals surface area contributed by atoms with Crippen LogP contribution >= 0.6 is 11.6 Å². The van der Waals surface area contributed by atoms with E-state index < -0.39 is 0 Å². The Hall–Kier alpha value is -1.63. The first kappa shape index (κ1) is 17.2. The number of nitrogens with zero attached hydrogens (tertiary/aromatic N) is 4. The molecule has 0 saturated carbocycles. The first-order valence-corrected chi connectivity index (χ1v) is 8.62. The number of halogens is 1. The van der Waals surface area contributed by atoms with Crippen molar-refractivity contribution in [3.8, 4) is 0 Å². The van der Waals surface area contributed by atoms with Crippen LogP contribution < -0.4 is 4.90 Å². The normalized spacial score (nSPS) is 20.7. The molecule has 24 heavy (non-hydrogen) atoms. The minimum Gasteiger partial charge on any atom is -0.398 e. The van der Waals surface area contributed by atoms with Gasteiger partial charge in [0.1, 0.15) is 7.11 Å². The third-order valence-corrected chi connectivity index (χ3v) is 4.82. The van der Waals surface area contributed by atoms with Gasteiger partial charge in [-0.25, -0.2) is 0 Å². The van der Waals surface area contributed by atoms with Crippen LogP contribution in [0.15, 0.2) is 23.4 Å². The molecule has 0 spiro atoms. The van der Waals surface area contributed by atoms with E-state index in [1.807, 2.05) is 6.07 Å². The molecule has 0 atom stereocenters. The van der Waals surface area contributed by atoms with Crippen LogP contribution in [0.25, 0.3) is 0 Å². The van der Waals surface area contributed by atoms with Gasteiger partial charge in [0, 0.05) is 43.3 Å². The van der Waals surface area contributed by atoms with E-state index >= 15 is 0 Å².